The molecule has 7 heteroatoms. The first-order chi connectivity index (χ1) is 9.69. The van der Waals surface area contributed by atoms with Crippen LogP contribution in [-0.2, 0) is 6.54 Å². The molecule has 110 valence electrons. The maximum atomic E-state index is 12.0. The van der Waals surface area contributed by atoms with Crippen molar-refractivity contribution in [2.24, 2.45) is 0 Å². The van der Waals surface area contributed by atoms with Gasteiger partial charge in [0.05, 0.1) is 25.0 Å². The lowest BCUT2D eigenvalue weighted by Gasteiger charge is -2.17. The number of likely N-dealkylation sites (tertiary alicyclic amines) is 1. The highest BCUT2D eigenvalue weighted by atomic mass is 79.9. The summed E-state index contributed by atoms with van der Waals surface area (Å²) in [5, 5.41) is 16.4. The second-order valence-corrected chi connectivity index (χ2v) is 6.27. The van der Waals surface area contributed by atoms with Crippen LogP contribution < -0.4 is 10.9 Å². The minimum absolute atomic E-state index is 0.0922. The Labute approximate surface area is 125 Å². The highest BCUT2D eigenvalue weighted by Gasteiger charge is 2.34. The third-order valence-corrected chi connectivity index (χ3v) is 4.71. The van der Waals surface area contributed by atoms with Gasteiger partial charge in [0.1, 0.15) is 4.47 Å². The number of hydrogen-bond donors (Lipinski definition) is 2. The van der Waals surface area contributed by atoms with E-state index in [1.165, 1.54) is 17.5 Å². The number of anilines is 1. The molecule has 20 heavy (non-hydrogen) atoms. The Balaban J connectivity index is 1.68. The summed E-state index contributed by atoms with van der Waals surface area (Å²) >= 11 is 3.33. The fourth-order valence-corrected chi connectivity index (χ4v) is 3.14. The molecule has 0 bridgehead atoms. The van der Waals surface area contributed by atoms with Crippen LogP contribution in [0.2, 0.25) is 0 Å². The summed E-state index contributed by atoms with van der Waals surface area (Å²) in [5.41, 5.74) is 0.535. The number of halogens is 1. The van der Waals surface area contributed by atoms with Gasteiger partial charge in [-0.2, -0.15) is 5.10 Å². The van der Waals surface area contributed by atoms with Crippen molar-refractivity contribution in [2.45, 2.75) is 37.9 Å². The quantitative estimate of drug-likeness (QED) is 0.822. The largest absolute Gasteiger partial charge is 0.394 e. The Kier molecular flexibility index (Phi) is 4.09. The summed E-state index contributed by atoms with van der Waals surface area (Å²) in [5.74, 6) is 0. The molecule has 1 aliphatic carbocycles. The van der Waals surface area contributed by atoms with E-state index < -0.39 is 0 Å². The van der Waals surface area contributed by atoms with E-state index in [0.717, 1.165) is 31.2 Å². The average Bonchev–Trinajstić information content (AvgIpc) is 3.19. The number of hydrogen-bond acceptors (Lipinski definition) is 5. The third kappa shape index (κ3) is 2.89. The van der Waals surface area contributed by atoms with Crippen LogP contribution in [0.3, 0.4) is 0 Å². The van der Waals surface area contributed by atoms with Crippen molar-refractivity contribution in [3.8, 4) is 0 Å². The SMILES string of the molecule is O=c1c(Br)c(NC2CCN(C3CC3)C2)cnn1CCO. The average molecular weight is 343 g/mol. The van der Waals surface area contributed by atoms with Gasteiger partial charge in [0, 0.05) is 25.2 Å². The number of aromatic nitrogens is 2. The Morgan fingerprint density at radius 2 is 2.25 bits per heavy atom. The van der Waals surface area contributed by atoms with Crippen LogP contribution in [0.15, 0.2) is 15.5 Å². The van der Waals surface area contributed by atoms with E-state index in [0.29, 0.717) is 10.5 Å². The van der Waals surface area contributed by atoms with Gasteiger partial charge in [-0.05, 0) is 35.2 Å². The molecule has 2 fully saturated rings. The Morgan fingerprint density at radius 1 is 1.45 bits per heavy atom. The molecule has 2 heterocycles. The summed E-state index contributed by atoms with van der Waals surface area (Å²) in [7, 11) is 0. The first kappa shape index (κ1) is 14.0. The van der Waals surface area contributed by atoms with Crippen LogP contribution in [-0.4, -0.2) is 51.6 Å². The predicted octanol–water partition coefficient (Wildman–Crippen LogP) is 0.647. The lowest BCUT2D eigenvalue weighted by molar-refractivity contribution is 0.266. The normalized spacial score (nSPS) is 23.2. The molecule has 3 rings (SSSR count). The Bertz CT molecular complexity index is 544. The van der Waals surface area contributed by atoms with Gasteiger partial charge in [-0.3, -0.25) is 9.69 Å². The van der Waals surface area contributed by atoms with Crippen LogP contribution >= 0.6 is 15.9 Å². The summed E-state index contributed by atoms with van der Waals surface area (Å²) < 4.78 is 1.76. The maximum absolute atomic E-state index is 12.0. The minimum Gasteiger partial charge on any atom is -0.394 e. The molecule has 0 aromatic carbocycles. The molecule has 1 aromatic heterocycles. The zero-order valence-corrected chi connectivity index (χ0v) is 12.8. The number of nitrogens with zero attached hydrogens (tertiary/aromatic N) is 3. The number of nitrogens with one attached hydrogen (secondary N) is 1. The van der Waals surface area contributed by atoms with Gasteiger partial charge in [0.2, 0.25) is 0 Å². The van der Waals surface area contributed by atoms with E-state index in [1.54, 1.807) is 6.20 Å². The summed E-state index contributed by atoms with van der Waals surface area (Å²) in [4.78, 5) is 14.5. The lowest BCUT2D eigenvalue weighted by atomic mass is 10.2. The van der Waals surface area contributed by atoms with E-state index in [-0.39, 0.29) is 18.7 Å². The van der Waals surface area contributed by atoms with Crippen LogP contribution in [0, 0.1) is 0 Å². The summed E-state index contributed by atoms with van der Waals surface area (Å²) in [6, 6.07) is 1.17. The molecule has 0 radical (unpaired) electrons. The molecule has 0 amide bonds. The molecule has 1 aliphatic heterocycles. The van der Waals surface area contributed by atoms with Gasteiger partial charge < -0.3 is 10.4 Å². The van der Waals surface area contributed by atoms with Gasteiger partial charge >= 0.3 is 0 Å². The number of aliphatic hydroxyl groups is 1. The monoisotopic (exact) mass is 342 g/mol. The first-order valence-corrected chi connectivity index (χ1v) is 7.85. The summed E-state index contributed by atoms with van der Waals surface area (Å²) in [6.07, 6.45) is 5.41. The molecule has 2 aliphatic rings. The van der Waals surface area contributed by atoms with Crippen molar-refractivity contribution in [3.05, 3.63) is 21.0 Å². The molecule has 1 aromatic rings. The second-order valence-electron chi connectivity index (χ2n) is 5.48. The highest BCUT2D eigenvalue weighted by molar-refractivity contribution is 9.10. The molecular weight excluding hydrogens is 324 g/mol. The van der Waals surface area contributed by atoms with Gasteiger partial charge in [-0.1, -0.05) is 0 Å². The van der Waals surface area contributed by atoms with E-state index in [4.69, 9.17) is 5.11 Å². The van der Waals surface area contributed by atoms with E-state index in [1.807, 2.05) is 0 Å². The summed E-state index contributed by atoms with van der Waals surface area (Å²) in [6.45, 7) is 2.30. The third-order valence-electron chi connectivity index (χ3n) is 3.94. The van der Waals surface area contributed by atoms with Crippen molar-refractivity contribution in [3.63, 3.8) is 0 Å². The zero-order valence-electron chi connectivity index (χ0n) is 11.3. The van der Waals surface area contributed by atoms with Crippen molar-refractivity contribution in [1.29, 1.82) is 0 Å². The lowest BCUT2D eigenvalue weighted by Crippen LogP contribution is -2.30. The van der Waals surface area contributed by atoms with Crippen LogP contribution in [0.1, 0.15) is 19.3 Å². The van der Waals surface area contributed by atoms with Gasteiger partial charge in [-0.15, -0.1) is 0 Å². The smallest absolute Gasteiger partial charge is 0.283 e. The van der Waals surface area contributed by atoms with Gasteiger partial charge in [-0.25, -0.2) is 4.68 Å². The molecule has 1 atom stereocenters. The Morgan fingerprint density at radius 3 is 2.95 bits per heavy atom. The van der Waals surface area contributed by atoms with Crippen molar-refractivity contribution >= 4 is 21.6 Å². The van der Waals surface area contributed by atoms with E-state index >= 15 is 0 Å². The number of aliphatic hydroxyl groups excluding tert-OH is 1. The molecule has 2 N–H and O–H groups in total. The minimum atomic E-state index is -0.207. The van der Waals surface area contributed by atoms with Gasteiger partial charge in [0.25, 0.3) is 5.56 Å². The fourth-order valence-electron chi connectivity index (χ4n) is 2.72. The fraction of sp³-hybridized carbons (Fsp3) is 0.692. The second kappa shape index (κ2) is 5.83. The molecule has 1 saturated carbocycles. The topological polar surface area (TPSA) is 70.4 Å². The van der Waals surface area contributed by atoms with Crippen LogP contribution in [0.25, 0.3) is 0 Å². The van der Waals surface area contributed by atoms with Crippen LogP contribution in [0.5, 0.6) is 0 Å². The molecule has 1 unspecified atom stereocenters. The van der Waals surface area contributed by atoms with Crippen molar-refractivity contribution < 1.29 is 5.11 Å². The van der Waals surface area contributed by atoms with Gasteiger partial charge in [0.15, 0.2) is 0 Å². The molecular formula is C13H19BrN4O2. The predicted molar refractivity (Wildman–Crippen MR) is 79.9 cm³/mol. The van der Waals surface area contributed by atoms with E-state index in [2.05, 4.69) is 31.2 Å². The zero-order chi connectivity index (χ0) is 14.1. The molecule has 6 nitrogen and oxygen atoms in total. The van der Waals surface area contributed by atoms with Crippen molar-refractivity contribution in [1.82, 2.24) is 14.7 Å². The maximum Gasteiger partial charge on any atom is 0.283 e. The highest BCUT2D eigenvalue weighted by Crippen LogP contribution is 2.31. The number of rotatable bonds is 5. The molecule has 0 spiro atoms. The van der Waals surface area contributed by atoms with E-state index in [9.17, 15) is 4.79 Å². The van der Waals surface area contributed by atoms with Crippen LogP contribution in [0.4, 0.5) is 5.69 Å². The molecule has 1 saturated heterocycles. The standard InChI is InChI=1S/C13H19BrN4O2/c14-12-11(7-15-18(5-6-19)13(12)20)16-9-3-4-17(8-9)10-1-2-10/h7,9-10,16,19H,1-6,8H2. The Hall–Kier alpha value is -0.920. The first-order valence-electron chi connectivity index (χ1n) is 7.06. The van der Waals surface area contributed by atoms with Crippen molar-refractivity contribution in [2.75, 3.05) is 25.0 Å².